The standard InChI is InChI=1S/C18H21N3OS2/c1-5-14-19-12(4)15-11(3)16(24-17(15)20-14)18(22)21(6-2)10-13-8-7-9-23-13/h7-9H,5-6,10H2,1-4H3. The van der Waals surface area contributed by atoms with E-state index >= 15 is 0 Å². The van der Waals surface area contributed by atoms with Crippen molar-refractivity contribution in [2.45, 2.75) is 40.7 Å². The largest absolute Gasteiger partial charge is 0.333 e. The van der Waals surface area contributed by atoms with E-state index in [1.807, 2.05) is 44.0 Å². The van der Waals surface area contributed by atoms with Gasteiger partial charge in [0.1, 0.15) is 10.7 Å². The number of rotatable bonds is 5. The van der Waals surface area contributed by atoms with Crippen molar-refractivity contribution in [2.75, 3.05) is 6.54 Å². The van der Waals surface area contributed by atoms with Gasteiger partial charge in [0.25, 0.3) is 5.91 Å². The van der Waals surface area contributed by atoms with Gasteiger partial charge in [0.15, 0.2) is 0 Å². The first-order chi connectivity index (χ1) is 11.5. The zero-order valence-corrected chi connectivity index (χ0v) is 16.1. The van der Waals surface area contributed by atoms with Gasteiger partial charge < -0.3 is 4.90 Å². The minimum Gasteiger partial charge on any atom is -0.333 e. The first-order valence-corrected chi connectivity index (χ1v) is 9.83. The lowest BCUT2D eigenvalue weighted by Crippen LogP contribution is -2.29. The van der Waals surface area contributed by atoms with Crippen LogP contribution in [0.3, 0.4) is 0 Å². The predicted octanol–water partition coefficient (Wildman–Crippen LogP) is 4.59. The molecule has 0 fully saturated rings. The lowest BCUT2D eigenvalue weighted by Gasteiger charge is -2.19. The number of hydrogen-bond acceptors (Lipinski definition) is 5. The second-order valence-electron chi connectivity index (χ2n) is 5.71. The van der Waals surface area contributed by atoms with Crippen LogP contribution in [0, 0.1) is 13.8 Å². The van der Waals surface area contributed by atoms with Crippen molar-refractivity contribution in [1.29, 1.82) is 0 Å². The molecule has 3 aromatic rings. The van der Waals surface area contributed by atoms with Gasteiger partial charge in [-0.25, -0.2) is 9.97 Å². The van der Waals surface area contributed by atoms with Crippen molar-refractivity contribution in [3.05, 3.63) is 44.3 Å². The maximum absolute atomic E-state index is 13.1. The molecule has 0 saturated carbocycles. The highest BCUT2D eigenvalue weighted by Crippen LogP contribution is 2.32. The molecule has 3 aromatic heterocycles. The molecule has 0 saturated heterocycles. The van der Waals surface area contributed by atoms with E-state index in [0.29, 0.717) is 13.1 Å². The van der Waals surface area contributed by atoms with E-state index < -0.39 is 0 Å². The Morgan fingerprint density at radius 2 is 2.04 bits per heavy atom. The van der Waals surface area contributed by atoms with Crippen molar-refractivity contribution in [2.24, 2.45) is 0 Å². The molecule has 1 amide bonds. The zero-order chi connectivity index (χ0) is 17.3. The maximum atomic E-state index is 13.1. The quantitative estimate of drug-likeness (QED) is 0.669. The highest BCUT2D eigenvalue weighted by atomic mass is 32.1. The topological polar surface area (TPSA) is 46.1 Å². The molecule has 0 aromatic carbocycles. The van der Waals surface area contributed by atoms with Crippen LogP contribution in [0.25, 0.3) is 10.2 Å². The second kappa shape index (κ2) is 6.99. The fraction of sp³-hybridized carbons (Fsp3) is 0.389. The van der Waals surface area contributed by atoms with Gasteiger partial charge in [0.05, 0.1) is 11.4 Å². The van der Waals surface area contributed by atoms with Crippen molar-refractivity contribution in [1.82, 2.24) is 14.9 Å². The maximum Gasteiger partial charge on any atom is 0.264 e. The van der Waals surface area contributed by atoms with Crippen LogP contribution in [0.2, 0.25) is 0 Å². The fourth-order valence-corrected chi connectivity index (χ4v) is 4.76. The molecule has 3 heterocycles. The number of thiophene rings is 2. The number of aromatic nitrogens is 2. The van der Waals surface area contributed by atoms with E-state index in [0.717, 1.165) is 38.6 Å². The molecule has 6 heteroatoms. The number of nitrogens with zero attached hydrogens (tertiary/aromatic N) is 3. The number of carbonyl (C=O) groups is 1. The molecule has 0 radical (unpaired) electrons. The van der Waals surface area contributed by atoms with Gasteiger partial charge in [0, 0.05) is 28.9 Å². The molecular formula is C18H21N3OS2. The molecular weight excluding hydrogens is 338 g/mol. The third-order valence-electron chi connectivity index (χ3n) is 4.12. The van der Waals surface area contributed by atoms with Crippen LogP contribution in [0.4, 0.5) is 0 Å². The summed E-state index contributed by atoms with van der Waals surface area (Å²) >= 11 is 3.18. The summed E-state index contributed by atoms with van der Waals surface area (Å²) in [7, 11) is 0. The summed E-state index contributed by atoms with van der Waals surface area (Å²) in [5, 5.41) is 3.08. The Labute approximate surface area is 150 Å². The predicted molar refractivity (Wildman–Crippen MR) is 101 cm³/mol. The van der Waals surface area contributed by atoms with Crippen LogP contribution in [0.1, 0.15) is 45.5 Å². The normalized spacial score (nSPS) is 11.2. The molecule has 0 atom stereocenters. The smallest absolute Gasteiger partial charge is 0.264 e. The van der Waals surface area contributed by atoms with E-state index in [2.05, 4.69) is 16.0 Å². The molecule has 126 valence electrons. The first-order valence-electron chi connectivity index (χ1n) is 8.13. The molecule has 0 spiro atoms. The van der Waals surface area contributed by atoms with Crippen molar-refractivity contribution >= 4 is 38.8 Å². The van der Waals surface area contributed by atoms with Crippen LogP contribution in [-0.4, -0.2) is 27.3 Å². The molecule has 24 heavy (non-hydrogen) atoms. The summed E-state index contributed by atoms with van der Waals surface area (Å²) in [6.45, 7) is 9.43. The van der Waals surface area contributed by atoms with Gasteiger partial charge in [-0.3, -0.25) is 4.79 Å². The fourth-order valence-electron chi connectivity index (χ4n) is 2.82. The Bertz CT molecular complexity index is 868. The van der Waals surface area contributed by atoms with Crippen LogP contribution >= 0.6 is 22.7 Å². The van der Waals surface area contributed by atoms with Gasteiger partial charge in [-0.15, -0.1) is 22.7 Å². The van der Waals surface area contributed by atoms with Gasteiger partial charge in [0.2, 0.25) is 0 Å². The number of fused-ring (bicyclic) bond motifs is 1. The SMILES string of the molecule is CCc1nc(C)c2c(C)c(C(=O)N(CC)Cc3cccs3)sc2n1. The van der Waals surface area contributed by atoms with E-state index in [-0.39, 0.29) is 5.91 Å². The summed E-state index contributed by atoms with van der Waals surface area (Å²) in [5.74, 6) is 0.926. The van der Waals surface area contributed by atoms with Crippen LogP contribution in [-0.2, 0) is 13.0 Å². The van der Waals surface area contributed by atoms with Gasteiger partial charge in [-0.05, 0) is 37.8 Å². The Balaban J connectivity index is 1.99. The van der Waals surface area contributed by atoms with E-state index in [4.69, 9.17) is 0 Å². The summed E-state index contributed by atoms with van der Waals surface area (Å²) in [4.78, 5) is 27.0. The summed E-state index contributed by atoms with van der Waals surface area (Å²) in [6.07, 6.45) is 0.802. The zero-order valence-electron chi connectivity index (χ0n) is 14.4. The summed E-state index contributed by atoms with van der Waals surface area (Å²) in [6, 6.07) is 4.09. The Morgan fingerprint density at radius 1 is 1.25 bits per heavy atom. The highest BCUT2D eigenvalue weighted by molar-refractivity contribution is 7.20. The lowest BCUT2D eigenvalue weighted by molar-refractivity contribution is 0.0758. The Kier molecular flexibility index (Phi) is 4.96. The van der Waals surface area contributed by atoms with Crippen LogP contribution in [0.5, 0.6) is 0 Å². The van der Waals surface area contributed by atoms with Crippen LogP contribution in [0.15, 0.2) is 17.5 Å². The molecule has 0 aliphatic heterocycles. The molecule has 3 rings (SSSR count). The number of hydrogen-bond donors (Lipinski definition) is 0. The Hall–Kier alpha value is -1.79. The van der Waals surface area contributed by atoms with E-state index in [1.165, 1.54) is 16.2 Å². The van der Waals surface area contributed by atoms with Gasteiger partial charge >= 0.3 is 0 Å². The third-order valence-corrected chi connectivity index (χ3v) is 6.16. The van der Waals surface area contributed by atoms with Gasteiger partial charge in [-0.1, -0.05) is 13.0 Å². The van der Waals surface area contributed by atoms with Crippen molar-refractivity contribution < 1.29 is 4.79 Å². The molecule has 0 N–H and O–H groups in total. The molecule has 0 unspecified atom stereocenters. The highest BCUT2D eigenvalue weighted by Gasteiger charge is 2.23. The number of aryl methyl sites for hydroxylation is 3. The first kappa shape index (κ1) is 17.0. The number of carbonyl (C=O) groups excluding carboxylic acids is 1. The lowest BCUT2D eigenvalue weighted by atomic mass is 10.1. The summed E-state index contributed by atoms with van der Waals surface area (Å²) in [5.41, 5.74) is 1.97. The van der Waals surface area contributed by atoms with Crippen molar-refractivity contribution in [3.8, 4) is 0 Å². The molecule has 0 bridgehead atoms. The molecule has 4 nitrogen and oxygen atoms in total. The minimum atomic E-state index is 0.0869. The number of amides is 1. The Morgan fingerprint density at radius 3 is 2.67 bits per heavy atom. The average molecular weight is 360 g/mol. The monoisotopic (exact) mass is 359 g/mol. The third kappa shape index (κ3) is 3.08. The van der Waals surface area contributed by atoms with Crippen LogP contribution < -0.4 is 0 Å². The summed E-state index contributed by atoms with van der Waals surface area (Å²) < 4.78 is 0. The van der Waals surface area contributed by atoms with E-state index in [9.17, 15) is 4.79 Å². The second-order valence-corrected chi connectivity index (χ2v) is 7.75. The van der Waals surface area contributed by atoms with E-state index in [1.54, 1.807) is 11.3 Å². The molecule has 0 aliphatic carbocycles. The minimum absolute atomic E-state index is 0.0869. The van der Waals surface area contributed by atoms with Crippen molar-refractivity contribution in [3.63, 3.8) is 0 Å². The van der Waals surface area contributed by atoms with Gasteiger partial charge in [-0.2, -0.15) is 0 Å². The average Bonchev–Trinajstić information content (AvgIpc) is 3.19. The molecule has 0 aliphatic rings.